The molecule has 1 aromatic heterocycles. The predicted molar refractivity (Wildman–Crippen MR) is 54.6 cm³/mol. The highest BCUT2D eigenvalue weighted by atomic mass is 15.0. The van der Waals surface area contributed by atoms with Crippen LogP contribution in [0.25, 0.3) is 0 Å². The van der Waals surface area contributed by atoms with Gasteiger partial charge in [0, 0.05) is 31.5 Å². The molecule has 0 unspecified atom stereocenters. The summed E-state index contributed by atoms with van der Waals surface area (Å²) in [4.78, 5) is 0. The normalized spacial score (nSPS) is 16.4. The number of rotatable bonds is 5. The summed E-state index contributed by atoms with van der Waals surface area (Å²) < 4.78 is 2.27. The van der Waals surface area contributed by atoms with Crippen molar-refractivity contribution in [1.82, 2.24) is 9.88 Å². The Morgan fingerprint density at radius 1 is 1.54 bits per heavy atom. The van der Waals surface area contributed by atoms with Gasteiger partial charge in [-0.2, -0.15) is 0 Å². The molecule has 1 N–H and O–H groups in total. The first-order valence-electron chi connectivity index (χ1n) is 5.26. The van der Waals surface area contributed by atoms with Crippen molar-refractivity contribution in [3.8, 4) is 0 Å². The summed E-state index contributed by atoms with van der Waals surface area (Å²) >= 11 is 0. The van der Waals surface area contributed by atoms with Crippen molar-refractivity contribution in [3.05, 3.63) is 24.0 Å². The van der Waals surface area contributed by atoms with Gasteiger partial charge < -0.3 is 9.88 Å². The molecule has 1 fully saturated rings. The Hall–Kier alpha value is -0.760. The van der Waals surface area contributed by atoms with Gasteiger partial charge in [0.05, 0.1) is 0 Å². The zero-order chi connectivity index (χ0) is 9.10. The topological polar surface area (TPSA) is 17.0 Å². The fourth-order valence-electron chi connectivity index (χ4n) is 1.54. The molecule has 1 aromatic rings. The van der Waals surface area contributed by atoms with Crippen LogP contribution >= 0.6 is 0 Å². The number of nitrogens with one attached hydrogen (secondary N) is 1. The lowest BCUT2D eigenvalue weighted by Crippen LogP contribution is -2.14. The molecule has 0 saturated heterocycles. The third-order valence-corrected chi connectivity index (χ3v) is 2.47. The minimum Gasteiger partial charge on any atom is -0.354 e. The van der Waals surface area contributed by atoms with Crippen molar-refractivity contribution < 1.29 is 0 Å². The monoisotopic (exact) mass is 178 g/mol. The molecule has 0 bridgehead atoms. The summed E-state index contributed by atoms with van der Waals surface area (Å²) in [7, 11) is 0. The van der Waals surface area contributed by atoms with Gasteiger partial charge in [-0.15, -0.1) is 0 Å². The highest BCUT2D eigenvalue weighted by molar-refractivity contribution is 5.10. The van der Waals surface area contributed by atoms with E-state index in [-0.39, 0.29) is 0 Å². The number of nitrogens with zero attached hydrogens (tertiary/aromatic N) is 1. The summed E-state index contributed by atoms with van der Waals surface area (Å²) in [5, 5.41) is 3.51. The van der Waals surface area contributed by atoms with Gasteiger partial charge in [-0.1, -0.05) is 6.92 Å². The van der Waals surface area contributed by atoms with Crippen molar-refractivity contribution in [2.24, 2.45) is 0 Å². The summed E-state index contributed by atoms with van der Waals surface area (Å²) in [6.07, 6.45) is 8.38. The predicted octanol–water partition coefficient (Wildman–Crippen LogP) is 2.15. The molecular formula is C11H18N2. The molecule has 2 rings (SSSR count). The molecule has 1 aliphatic rings. The highest BCUT2D eigenvalue weighted by Gasteiger charge is 2.19. The Morgan fingerprint density at radius 2 is 2.38 bits per heavy atom. The van der Waals surface area contributed by atoms with Crippen LogP contribution in [0, 0.1) is 0 Å². The van der Waals surface area contributed by atoms with Crippen LogP contribution in [-0.2, 0) is 13.1 Å². The van der Waals surface area contributed by atoms with Gasteiger partial charge in [0.2, 0.25) is 0 Å². The van der Waals surface area contributed by atoms with E-state index in [0.717, 1.165) is 19.1 Å². The molecule has 1 saturated carbocycles. The van der Waals surface area contributed by atoms with E-state index in [4.69, 9.17) is 0 Å². The van der Waals surface area contributed by atoms with E-state index in [0.29, 0.717) is 0 Å². The smallest absolute Gasteiger partial charge is 0.0223 e. The van der Waals surface area contributed by atoms with Crippen LogP contribution < -0.4 is 5.32 Å². The Balaban J connectivity index is 1.81. The third-order valence-electron chi connectivity index (χ3n) is 2.47. The SMILES string of the molecule is CCCn1ccc(CNC2CC2)c1. The fourth-order valence-corrected chi connectivity index (χ4v) is 1.54. The maximum absolute atomic E-state index is 3.51. The Bertz CT molecular complexity index is 261. The van der Waals surface area contributed by atoms with Gasteiger partial charge in [-0.05, 0) is 30.9 Å². The maximum Gasteiger partial charge on any atom is 0.0223 e. The number of hydrogen-bond donors (Lipinski definition) is 1. The first kappa shape index (κ1) is 8.82. The van der Waals surface area contributed by atoms with Crippen LogP contribution in [0.15, 0.2) is 18.5 Å². The van der Waals surface area contributed by atoms with E-state index in [2.05, 4.69) is 35.3 Å². The number of aryl methyl sites for hydroxylation is 1. The molecule has 0 atom stereocenters. The Morgan fingerprint density at radius 3 is 3.08 bits per heavy atom. The Labute approximate surface area is 79.9 Å². The van der Waals surface area contributed by atoms with Crippen molar-refractivity contribution in [2.45, 2.75) is 45.3 Å². The molecule has 2 nitrogen and oxygen atoms in total. The molecule has 13 heavy (non-hydrogen) atoms. The molecule has 0 spiro atoms. The van der Waals surface area contributed by atoms with Gasteiger partial charge in [0.1, 0.15) is 0 Å². The minimum atomic E-state index is 0.814. The number of aromatic nitrogens is 1. The van der Waals surface area contributed by atoms with E-state index in [9.17, 15) is 0 Å². The van der Waals surface area contributed by atoms with Gasteiger partial charge in [0.15, 0.2) is 0 Å². The standard InChI is InChI=1S/C11H18N2/c1-2-6-13-7-5-10(9-13)8-12-11-3-4-11/h5,7,9,11-12H,2-4,6,8H2,1H3. The maximum atomic E-state index is 3.51. The fraction of sp³-hybridized carbons (Fsp3) is 0.636. The van der Waals surface area contributed by atoms with Crippen LogP contribution in [0.5, 0.6) is 0 Å². The van der Waals surface area contributed by atoms with Crippen molar-refractivity contribution in [1.29, 1.82) is 0 Å². The van der Waals surface area contributed by atoms with Gasteiger partial charge in [-0.25, -0.2) is 0 Å². The van der Waals surface area contributed by atoms with E-state index in [1.165, 1.54) is 24.8 Å². The molecule has 1 aliphatic carbocycles. The molecular weight excluding hydrogens is 160 g/mol. The second-order valence-electron chi connectivity index (χ2n) is 3.91. The summed E-state index contributed by atoms with van der Waals surface area (Å²) in [6, 6.07) is 3.03. The second kappa shape index (κ2) is 3.97. The molecule has 0 amide bonds. The van der Waals surface area contributed by atoms with E-state index >= 15 is 0 Å². The number of hydrogen-bond acceptors (Lipinski definition) is 1. The van der Waals surface area contributed by atoms with Crippen molar-refractivity contribution >= 4 is 0 Å². The zero-order valence-electron chi connectivity index (χ0n) is 8.29. The largest absolute Gasteiger partial charge is 0.354 e. The third kappa shape index (κ3) is 2.59. The van der Waals surface area contributed by atoms with Crippen LogP contribution in [0.4, 0.5) is 0 Å². The molecule has 0 radical (unpaired) electrons. The van der Waals surface area contributed by atoms with E-state index in [1.54, 1.807) is 0 Å². The Kier molecular flexibility index (Phi) is 2.69. The summed E-state index contributed by atoms with van der Waals surface area (Å²) in [6.45, 7) is 4.40. The molecule has 0 aliphatic heterocycles. The lowest BCUT2D eigenvalue weighted by atomic mass is 10.3. The highest BCUT2D eigenvalue weighted by Crippen LogP contribution is 2.19. The minimum absolute atomic E-state index is 0.814. The first-order chi connectivity index (χ1) is 6.38. The lowest BCUT2D eigenvalue weighted by molar-refractivity contribution is 0.666. The average molecular weight is 178 g/mol. The van der Waals surface area contributed by atoms with Crippen LogP contribution in [-0.4, -0.2) is 10.6 Å². The molecule has 1 heterocycles. The van der Waals surface area contributed by atoms with Crippen LogP contribution in [0.3, 0.4) is 0 Å². The molecule has 0 aromatic carbocycles. The molecule has 2 heteroatoms. The van der Waals surface area contributed by atoms with Gasteiger partial charge >= 0.3 is 0 Å². The summed E-state index contributed by atoms with van der Waals surface area (Å²) in [5.74, 6) is 0. The van der Waals surface area contributed by atoms with Crippen LogP contribution in [0.2, 0.25) is 0 Å². The van der Waals surface area contributed by atoms with Gasteiger partial charge in [0.25, 0.3) is 0 Å². The van der Waals surface area contributed by atoms with Gasteiger partial charge in [-0.3, -0.25) is 0 Å². The zero-order valence-corrected chi connectivity index (χ0v) is 8.29. The van der Waals surface area contributed by atoms with Crippen LogP contribution in [0.1, 0.15) is 31.7 Å². The molecule has 72 valence electrons. The first-order valence-corrected chi connectivity index (χ1v) is 5.26. The van der Waals surface area contributed by atoms with Crippen molar-refractivity contribution in [3.63, 3.8) is 0 Å². The quantitative estimate of drug-likeness (QED) is 0.731. The van der Waals surface area contributed by atoms with E-state index in [1.807, 2.05) is 0 Å². The lowest BCUT2D eigenvalue weighted by Gasteiger charge is -1.99. The second-order valence-corrected chi connectivity index (χ2v) is 3.91. The van der Waals surface area contributed by atoms with Crippen molar-refractivity contribution in [2.75, 3.05) is 0 Å². The summed E-state index contributed by atoms with van der Waals surface area (Å²) in [5.41, 5.74) is 1.42. The van der Waals surface area contributed by atoms with E-state index < -0.39 is 0 Å². The average Bonchev–Trinajstić information content (AvgIpc) is 2.85.